The van der Waals surface area contributed by atoms with E-state index in [1.165, 1.54) is 51.4 Å². The van der Waals surface area contributed by atoms with Gasteiger partial charge in [0.2, 0.25) is 0 Å². The molecule has 0 radical (unpaired) electrons. The minimum atomic E-state index is -0.0572. The Hall–Kier alpha value is -0.280. The summed E-state index contributed by atoms with van der Waals surface area (Å²) in [6.07, 6.45) is 14.0. The Kier molecular flexibility index (Phi) is 32.0. The Morgan fingerprint density at radius 1 is 0.359 bits per heavy atom. The number of ether oxygens (including phenoxy) is 6. The van der Waals surface area contributed by atoms with Gasteiger partial charge in [0.05, 0.1) is 59.5 Å². The van der Waals surface area contributed by atoms with Gasteiger partial charge in [-0.25, -0.2) is 0 Å². The Morgan fingerprint density at radius 3 is 0.872 bits per heavy atom. The fraction of sp³-hybridized carbons (Fsp3) is 1.00. The van der Waals surface area contributed by atoms with Crippen LogP contribution in [0.4, 0.5) is 0 Å². The quantitative estimate of drug-likeness (QED) is 0.0893. The molecule has 7 heteroatoms. The molecule has 0 spiro atoms. The number of hydrogen-bond donors (Lipinski definition) is 1. The molecule has 7 nitrogen and oxygen atoms in total. The summed E-state index contributed by atoms with van der Waals surface area (Å²) in [7, 11) is 0. The molecule has 0 aliphatic heterocycles. The van der Waals surface area contributed by atoms with Crippen LogP contribution in [-0.2, 0) is 28.4 Å². The van der Waals surface area contributed by atoms with E-state index in [-0.39, 0.29) is 24.4 Å². The molecule has 0 bridgehead atoms. The average molecular weight is 563 g/mol. The zero-order valence-corrected chi connectivity index (χ0v) is 26.3. The summed E-state index contributed by atoms with van der Waals surface area (Å²) >= 11 is 0. The summed E-state index contributed by atoms with van der Waals surface area (Å²) in [5.74, 6) is 0.346. The number of aliphatic hydroxyl groups excluding tert-OH is 1. The maximum absolute atomic E-state index is 9.89. The Bertz CT molecular complexity index is 386. The molecular formula is C32H66O7. The van der Waals surface area contributed by atoms with Crippen molar-refractivity contribution in [2.45, 2.75) is 105 Å². The second kappa shape index (κ2) is 32.2. The normalized spacial score (nSPS) is 12.0. The van der Waals surface area contributed by atoms with Gasteiger partial charge in [-0.3, -0.25) is 0 Å². The molecule has 0 rings (SSSR count). The van der Waals surface area contributed by atoms with Crippen molar-refractivity contribution in [3.05, 3.63) is 0 Å². The number of aliphatic hydroxyl groups is 1. The third-order valence-electron chi connectivity index (χ3n) is 6.66. The summed E-state index contributed by atoms with van der Waals surface area (Å²) in [6, 6.07) is 0. The second-order valence-corrected chi connectivity index (χ2v) is 11.0. The Morgan fingerprint density at radius 2 is 0.615 bits per heavy atom. The largest absolute Gasteiger partial charge is 0.396 e. The van der Waals surface area contributed by atoms with Gasteiger partial charge in [0.1, 0.15) is 0 Å². The highest BCUT2D eigenvalue weighted by molar-refractivity contribution is 4.62. The van der Waals surface area contributed by atoms with Crippen LogP contribution in [0, 0.1) is 17.8 Å². The van der Waals surface area contributed by atoms with Crippen molar-refractivity contribution >= 4 is 0 Å². The van der Waals surface area contributed by atoms with Gasteiger partial charge in [0.25, 0.3) is 0 Å². The lowest BCUT2D eigenvalue weighted by molar-refractivity contribution is -0.0440. The van der Waals surface area contributed by atoms with E-state index in [9.17, 15) is 5.11 Å². The van der Waals surface area contributed by atoms with Gasteiger partial charge >= 0.3 is 0 Å². The van der Waals surface area contributed by atoms with Crippen molar-refractivity contribution in [2.24, 2.45) is 17.8 Å². The summed E-state index contributed by atoms with van der Waals surface area (Å²) < 4.78 is 35.6. The van der Waals surface area contributed by atoms with Crippen LogP contribution in [0.5, 0.6) is 0 Å². The smallest absolute Gasteiger partial charge is 0.0538 e. The van der Waals surface area contributed by atoms with Gasteiger partial charge < -0.3 is 33.5 Å². The first-order valence-corrected chi connectivity index (χ1v) is 16.3. The standard InChI is InChI=1S/C32H66O7/c1-5-9-13-17-34-24-31(25-35-18-14-10-6-2)28-38-22-30(21-33)23-39-29-32(26-36-19-15-11-7-3)27-37-20-16-12-8-4/h30-33H,5-29H2,1-4H3. The molecule has 0 saturated carbocycles. The van der Waals surface area contributed by atoms with Gasteiger partial charge in [0.15, 0.2) is 0 Å². The molecule has 0 fully saturated rings. The van der Waals surface area contributed by atoms with Crippen molar-refractivity contribution < 1.29 is 33.5 Å². The van der Waals surface area contributed by atoms with Crippen molar-refractivity contribution in [1.82, 2.24) is 0 Å². The zero-order chi connectivity index (χ0) is 28.7. The van der Waals surface area contributed by atoms with Crippen LogP contribution in [0.2, 0.25) is 0 Å². The van der Waals surface area contributed by atoms with Gasteiger partial charge in [-0.05, 0) is 25.7 Å². The fourth-order valence-electron chi connectivity index (χ4n) is 4.06. The topological polar surface area (TPSA) is 75.6 Å². The first-order valence-electron chi connectivity index (χ1n) is 16.3. The highest BCUT2D eigenvalue weighted by Gasteiger charge is 2.16. The molecule has 39 heavy (non-hydrogen) atoms. The molecule has 0 amide bonds. The van der Waals surface area contributed by atoms with E-state index in [0.717, 1.165) is 52.1 Å². The van der Waals surface area contributed by atoms with Gasteiger partial charge in [-0.1, -0.05) is 79.1 Å². The molecular weight excluding hydrogens is 496 g/mol. The highest BCUT2D eigenvalue weighted by atomic mass is 16.5. The third-order valence-corrected chi connectivity index (χ3v) is 6.66. The molecule has 0 aliphatic carbocycles. The van der Waals surface area contributed by atoms with Crippen LogP contribution < -0.4 is 0 Å². The van der Waals surface area contributed by atoms with Crippen molar-refractivity contribution in [3.63, 3.8) is 0 Å². The number of unbranched alkanes of at least 4 members (excludes halogenated alkanes) is 8. The lowest BCUT2D eigenvalue weighted by Gasteiger charge is -2.21. The predicted molar refractivity (Wildman–Crippen MR) is 161 cm³/mol. The van der Waals surface area contributed by atoms with Crippen LogP contribution >= 0.6 is 0 Å². The van der Waals surface area contributed by atoms with Gasteiger partial charge in [-0.2, -0.15) is 0 Å². The molecule has 0 saturated heterocycles. The van der Waals surface area contributed by atoms with Crippen molar-refractivity contribution in [3.8, 4) is 0 Å². The van der Waals surface area contributed by atoms with Crippen LogP contribution in [0.15, 0.2) is 0 Å². The summed E-state index contributed by atoms with van der Waals surface area (Å²) in [4.78, 5) is 0. The minimum Gasteiger partial charge on any atom is -0.396 e. The van der Waals surface area contributed by atoms with Gasteiger partial charge in [-0.15, -0.1) is 0 Å². The fourth-order valence-corrected chi connectivity index (χ4v) is 4.06. The van der Waals surface area contributed by atoms with E-state index >= 15 is 0 Å². The van der Waals surface area contributed by atoms with E-state index in [0.29, 0.717) is 52.9 Å². The van der Waals surface area contributed by atoms with Crippen molar-refractivity contribution in [2.75, 3.05) is 85.9 Å². The van der Waals surface area contributed by atoms with Crippen LogP contribution in [-0.4, -0.2) is 91.0 Å². The maximum atomic E-state index is 9.89. The van der Waals surface area contributed by atoms with E-state index in [1.807, 2.05) is 0 Å². The van der Waals surface area contributed by atoms with E-state index in [4.69, 9.17) is 28.4 Å². The monoisotopic (exact) mass is 562 g/mol. The maximum Gasteiger partial charge on any atom is 0.0538 e. The lowest BCUT2D eigenvalue weighted by atomic mass is 10.1. The summed E-state index contributed by atoms with van der Waals surface area (Å²) in [5, 5.41) is 9.89. The van der Waals surface area contributed by atoms with E-state index in [1.54, 1.807) is 0 Å². The average Bonchev–Trinajstić information content (AvgIpc) is 2.95. The van der Waals surface area contributed by atoms with Crippen LogP contribution in [0.25, 0.3) is 0 Å². The minimum absolute atomic E-state index is 0.0391. The first kappa shape index (κ1) is 38.7. The summed E-state index contributed by atoms with van der Waals surface area (Å²) in [5.41, 5.74) is 0. The molecule has 0 aromatic carbocycles. The molecule has 0 aromatic heterocycles. The summed E-state index contributed by atoms with van der Waals surface area (Å²) in [6.45, 7) is 16.7. The molecule has 0 unspecified atom stereocenters. The third kappa shape index (κ3) is 27.7. The predicted octanol–water partition coefficient (Wildman–Crippen LogP) is 6.69. The SMILES string of the molecule is CCCCCOCC(COCCCCC)COCC(CO)COCC(COCCCCC)COCCCCC. The Labute approximate surface area is 242 Å². The Balaban J connectivity index is 4.41. The van der Waals surface area contributed by atoms with Crippen molar-refractivity contribution in [1.29, 1.82) is 0 Å². The zero-order valence-electron chi connectivity index (χ0n) is 26.3. The number of rotatable bonds is 33. The molecule has 0 atom stereocenters. The molecule has 0 aromatic rings. The molecule has 0 heterocycles. The molecule has 1 N–H and O–H groups in total. The van der Waals surface area contributed by atoms with E-state index < -0.39 is 0 Å². The van der Waals surface area contributed by atoms with E-state index in [2.05, 4.69) is 27.7 Å². The number of hydrogen-bond acceptors (Lipinski definition) is 7. The highest BCUT2D eigenvalue weighted by Crippen LogP contribution is 2.09. The second-order valence-electron chi connectivity index (χ2n) is 11.0. The lowest BCUT2D eigenvalue weighted by Crippen LogP contribution is -2.28. The molecule has 236 valence electrons. The van der Waals surface area contributed by atoms with Crippen LogP contribution in [0.1, 0.15) is 105 Å². The molecule has 0 aliphatic rings. The first-order chi connectivity index (χ1) is 19.2. The van der Waals surface area contributed by atoms with Crippen LogP contribution in [0.3, 0.4) is 0 Å². The van der Waals surface area contributed by atoms with Gasteiger partial charge in [0, 0.05) is 44.2 Å².